The Bertz CT molecular complexity index is 1120. The third-order valence-corrected chi connectivity index (χ3v) is 5.69. The second-order valence-electron chi connectivity index (χ2n) is 7.25. The van der Waals surface area contributed by atoms with Crippen molar-refractivity contribution in [3.05, 3.63) is 59.3 Å². The Labute approximate surface area is 174 Å². The maximum atomic E-state index is 12.8. The Morgan fingerprint density at radius 3 is 2.43 bits per heavy atom. The van der Waals surface area contributed by atoms with Gasteiger partial charge in [-0.25, -0.2) is 4.79 Å². The molecule has 2 heterocycles. The van der Waals surface area contributed by atoms with Gasteiger partial charge in [0.15, 0.2) is 11.5 Å². The van der Waals surface area contributed by atoms with Crippen molar-refractivity contribution in [2.75, 3.05) is 21.3 Å². The van der Waals surface area contributed by atoms with E-state index in [0.29, 0.717) is 17.9 Å². The van der Waals surface area contributed by atoms with Gasteiger partial charge in [-0.2, -0.15) is 0 Å². The molecule has 0 spiro atoms. The maximum Gasteiger partial charge on any atom is 0.328 e. The molecule has 1 aliphatic rings. The number of carbonyl (C=O) groups excluding carboxylic acids is 2. The van der Waals surface area contributed by atoms with Gasteiger partial charge in [-0.05, 0) is 29.3 Å². The van der Waals surface area contributed by atoms with Crippen molar-refractivity contribution in [2.24, 2.45) is 0 Å². The largest absolute Gasteiger partial charge is 0.493 e. The van der Waals surface area contributed by atoms with Gasteiger partial charge in [0.2, 0.25) is 5.91 Å². The Morgan fingerprint density at radius 2 is 1.77 bits per heavy atom. The lowest BCUT2D eigenvalue weighted by Crippen LogP contribution is -2.51. The summed E-state index contributed by atoms with van der Waals surface area (Å²) >= 11 is 0. The second kappa shape index (κ2) is 7.74. The Morgan fingerprint density at radius 1 is 1.03 bits per heavy atom. The van der Waals surface area contributed by atoms with Crippen LogP contribution in [-0.2, 0) is 20.7 Å². The molecule has 1 aliphatic heterocycles. The SMILES string of the molecule is COC(=O)[C@H]1Cc2c([nH]c3ccccc23)[C@H](c2ccc(OC)c(OC)c2)N1C(C)=O. The number of aromatic nitrogens is 1. The Hall–Kier alpha value is -3.48. The molecule has 1 aromatic heterocycles. The van der Waals surface area contributed by atoms with Crippen LogP contribution in [0.1, 0.15) is 29.8 Å². The summed E-state index contributed by atoms with van der Waals surface area (Å²) in [6.07, 6.45) is 0.384. The van der Waals surface area contributed by atoms with Gasteiger partial charge in [0.05, 0.1) is 27.4 Å². The summed E-state index contributed by atoms with van der Waals surface area (Å²) in [5, 5.41) is 1.04. The van der Waals surface area contributed by atoms with Crippen LogP contribution < -0.4 is 9.47 Å². The van der Waals surface area contributed by atoms with Crippen LogP contribution in [0.4, 0.5) is 0 Å². The number of H-pyrrole nitrogens is 1. The van der Waals surface area contributed by atoms with Crippen molar-refractivity contribution in [3.8, 4) is 11.5 Å². The number of hydrogen-bond donors (Lipinski definition) is 1. The van der Waals surface area contributed by atoms with E-state index in [1.165, 1.54) is 14.0 Å². The molecule has 1 N–H and O–H groups in total. The predicted octanol–water partition coefficient (Wildman–Crippen LogP) is 3.22. The van der Waals surface area contributed by atoms with Crippen LogP contribution in [0.25, 0.3) is 10.9 Å². The number of aromatic amines is 1. The molecule has 1 amide bonds. The first-order chi connectivity index (χ1) is 14.5. The summed E-state index contributed by atoms with van der Waals surface area (Å²) in [7, 11) is 4.48. The molecule has 0 unspecified atom stereocenters. The van der Waals surface area contributed by atoms with Gasteiger partial charge >= 0.3 is 5.97 Å². The summed E-state index contributed by atoms with van der Waals surface area (Å²) in [6.45, 7) is 1.47. The van der Waals surface area contributed by atoms with E-state index in [9.17, 15) is 9.59 Å². The zero-order valence-electron chi connectivity index (χ0n) is 17.4. The van der Waals surface area contributed by atoms with Crippen molar-refractivity contribution in [3.63, 3.8) is 0 Å². The molecule has 156 valence electrons. The molecule has 2 atom stereocenters. The molecule has 0 saturated carbocycles. The van der Waals surface area contributed by atoms with E-state index in [1.807, 2.05) is 36.4 Å². The zero-order valence-corrected chi connectivity index (χ0v) is 17.4. The van der Waals surface area contributed by atoms with E-state index < -0.39 is 18.1 Å². The fourth-order valence-electron chi connectivity index (χ4n) is 4.37. The normalized spacial score (nSPS) is 18.1. The smallest absolute Gasteiger partial charge is 0.328 e. The van der Waals surface area contributed by atoms with Gasteiger partial charge in [-0.3, -0.25) is 4.79 Å². The summed E-state index contributed by atoms with van der Waals surface area (Å²) < 4.78 is 15.9. The first-order valence-corrected chi connectivity index (χ1v) is 9.68. The lowest BCUT2D eigenvalue weighted by molar-refractivity contribution is -0.154. The number of nitrogens with one attached hydrogen (secondary N) is 1. The summed E-state index contributed by atoms with van der Waals surface area (Å²) in [4.78, 5) is 30.5. The maximum absolute atomic E-state index is 12.8. The minimum absolute atomic E-state index is 0.213. The molecule has 3 aromatic rings. The number of esters is 1. The van der Waals surface area contributed by atoms with E-state index in [2.05, 4.69) is 4.98 Å². The van der Waals surface area contributed by atoms with Crippen molar-refractivity contribution in [2.45, 2.75) is 25.4 Å². The molecule has 0 fully saturated rings. The molecule has 30 heavy (non-hydrogen) atoms. The molecule has 0 saturated heterocycles. The number of rotatable bonds is 4. The minimum atomic E-state index is -0.725. The molecular formula is C23H24N2O5. The van der Waals surface area contributed by atoms with Crippen molar-refractivity contribution < 1.29 is 23.8 Å². The number of methoxy groups -OCH3 is 3. The predicted molar refractivity (Wildman–Crippen MR) is 112 cm³/mol. The van der Waals surface area contributed by atoms with Crippen LogP contribution in [0.3, 0.4) is 0 Å². The van der Waals surface area contributed by atoms with Crippen LogP contribution in [0.5, 0.6) is 11.5 Å². The van der Waals surface area contributed by atoms with Crippen molar-refractivity contribution in [1.82, 2.24) is 9.88 Å². The number of nitrogens with zero attached hydrogens (tertiary/aromatic N) is 1. The van der Waals surface area contributed by atoms with E-state index in [1.54, 1.807) is 25.2 Å². The lowest BCUT2D eigenvalue weighted by Gasteiger charge is -2.40. The van der Waals surface area contributed by atoms with Crippen molar-refractivity contribution >= 4 is 22.8 Å². The number of para-hydroxylation sites is 1. The fourth-order valence-corrected chi connectivity index (χ4v) is 4.37. The Balaban J connectivity index is 1.98. The fraction of sp³-hybridized carbons (Fsp3) is 0.304. The first-order valence-electron chi connectivity index (χ1n) is 9.68. The number of fused-ring (bicyclic) bond motifs is 3. The summed E-state index contributed by atoms with van der Waals surface area (Å²) in [6, 6.07) is 12.2. The van der Waals surface area contributed by atoms with Crippen LogP contribution in [0, 0.1) is 0 Å². The van der Waals surface area contributed by atoms with Crippen LogP contribution in [0.2, 0.25) is 0 Å². The minimum Gasteiger partial charge on any atom is -0.493 e. The molecule has 0 aliphatic carbocycles. The third-order valence-electron chi connectivity index (χ3n) is 5.69. The number of hydrogen-bond acceptors (Lipinski definition) is 5. The van der Waals surface area contributed by atoms with Crippen LogP contribution >= 0.6 is 0 Å². The van der Waals surface area contributed by atoms with Crippen LogP contribution in [0.15, 0.2) is 42.5 Å². The number of amides is 1. The Kier molecular flexibility index (Phi) is 5.11. The number of carbonyl (C=O) groups is 2. The van der Waals surface area contributed by atoms with Gasteiger partial charge < -0.3 is 24.1 Å². The first kappa shape index (κ1) is 19.8. The molecule has 7 nitrogen and oxygen atoms in total. The number of ether oxygens (including phenoxy) is 3. The van der Waals surface area contributed by atoms with Gasteiger partial charge in [-0.15, -0.1) is 0 Å². The monoisotopic (exact) mass is 408 g/mol. The lowest BCUT2D eigenvalue weighted by atomic mass is 9.87. The van der Waals surface area contributed by atoms with Gasteiger partial charge in [0.1, 0.15) is 6.04 Å². The van der Waals surface area contributed by atoms with Crippen LogP contribution in [-0.4, -0.2) is 49.1 Å². The topological polar surface area (TPSA) is 80.9 Å². The summed E-state index contributed by atoms with van der Waals surface area (Å²) in [5.74, 6) is 0.491. The summed E-state index contributed by atoms with van der Waals surface area (Å²) in [5.41, 5.74) is 3.67. The van der Waals surface area contributed by atoms with Gasteiger partial charge in [-0.1, -0.05) is 24.3 Å². The molecule has 2 aromatic carbocycles. The molecule has 0 radical (unpaired) electrons. The highest BCUT2D eigenvalue weighted by atomic mass is 16.5. The third kappa shape index (κ3) is 3.07. The van der Waals surface area contributed by atoms with Gasteiger partial charge in [0.25, 0.3) is 0 Å². The van der Waals surface area contributed by atoms with E-state index in [0.717, 1.165) is 27.7 Å². The molecular weight excluding hydrogens is 384 g/mol. The average molecular weight is 408 g/mol. The molecule has 4 rings (SSSR count). The highest BCUT2D eigenvalue weighted by molar-refractivity contribution is 5.90. The quantitative estimate of drug-likeness (QED) is 0.671. The van der Waals surface area contributed by atoms with E-state index in [-0.39, 0.29) is 5.91 Å². The highest BCUT2D eigenvalue weighted by Crippen LogP contribution is 2.43. The van der Waals surface area contributed by atoms with Gasteiger partial charge in [0, 0.05) is 29.9 Å². The zero-order chi connectivity index (χ0) is 21.4. The highest BCUT2D eigenvalue weighted by Gasteiger charge is 2.43. The molecule has 0 bridgehead atoms. The molecule has 7 heteroatoms. The second-order valence-corrected chi connectivity index (χ2v) is 7.25. The standard InChI is InChI=1S/C23H24N2O5/c1-13(26)25-18(23(27)30-4)12-16-15-7-5-6-8-17(15)24-21(16)22(25)14-9-10-19(28-2)20(11-14)29-3/h5-11,18,22,24H,12H2,1-4H3/t18-,22+/m1/s1. The number of benzene rings is 2. The average Bonchev–Trinajstić information content (AvgIpc) is 3.15. The van der Waals surface area contributed by atoms with Crippen molar-refractivity contribution in [1.29, 1.82) is 0 Å². The van der Waals surface area contributed by atoms with E-state index in [4.69, 9.17) is 14.2 Å². The van der Waals surface area contributed by atoms with E-state index >= 15 is 0 Å².